The molecule has 0 amide bonds. The summed E-state index contributed by atoms with van der Waals surface area (Å²) in [5.74, 6) is 0. The molecule has 0 N–H and O–H groups in total. The summed E-state index contributed by atoms with van der Waals surface area (Å²) in [5, 5.41) is 10.7. The summed E-state index contributed by atoms with van der Waals surface area (Å²) in [4.78, 5) is 11.3. The summed E-state index contributed by atoms with van der Waals surface area (Å²) in [7, 11) is -4.77. The van der Waals surface area contributed by atoms with Gasteiger partial charge in [-0.25, -0.2) is 0 Å². The van der Waals surface area contributed by atoms with Crippen molar-refractivity contribution < 1.29 is 13.3 Å². The first-order valence-corrected chi connectivity index (χ1v) is 8.17. The zero-order valence-electron chi connectivity index (χ0n) is 9.96. The Morgan fingerprint density at radius 3 is 2.45 bits per heavy atom. The van der Waals surface area contributed by atoms with Crippen LogP contribution in [0.15, 0.2) is 67.0 Å². The molecule has 0 aromatic heterocycles. The van der Waals surface area contributed by atoms with Crippen molar-refractivity contribution in [1.82, 2.24) is 0 Å². The molecule has 20 heavy (non-hydrogen) atoms. The normalized spacial score (nSPS) is 19.1. The lowest BCUT2D eigenvalue weighted by Gasteiger charge is -2.02. The minimum Gasteiger partial charge on any atom is -0.258 e. The minimum absolute atomic E-state index is 0.0705. The molecule has 2 aromatic rings. The van der Waals surface area contributed by atoms with Crippen LogP contribution in [0.1, 0.15) is 0 Å². The average molecular weight is 308 g/mol. The van der Waals surface area contributed by atoms with Gasteiger partial charge in [0.2, 0.25) is 0 Å². The number of rotatable bonds is 2. The molecule has 0 bridgehead atoms. The first kappa shape index (κ1) is 12.9. The summed E-state index contributed by atoms with van der Waals surface area (Å²) >= 11 is 0. The number of hydrogen-bond acceptors (Lipinski definition) is 4. The van der Waals surface area contributed by atoms with Crippen molar-refractivity contribution in [3.8, 4) is 0 Å². The van der Waals surface area contributed by atoms with Crippen LogP contribution >= 0.6 is 0 Å². The molecule has 2 aromatic carbocycles. The number of non-ortho nitro benzene ring substituents is 1. The van der Waals surface area contributed by atoms with Gasteiger partial charge in [0.25, 0.3) is 15.7 Å². The summed E-state index contributed by atoms with van der Waals surface area (Å²) in [6, 6.07) is 12.9. The lowest BCUT2D eigenvalue weighted by Crippen LogP contribution is -1.96. The van der Waals surface area contributed by atoms with Crippen LogP contribution < -0.4 is 0 Å². The van der Waals surface area contributed by atoms with Crippen molar-refractivity contribution in [2.45, 2.75) is 14.7 Å². The van der Waals surface area contributed by atoms with Gasteiger partial charge in [0.15, 0.2) is 0 Å². The quantitative estimate of drug-likeness (QED) is 0.629. The second-order valence-electron chi connectivity index (χ2n) is 4.04. The van der Waals surface area contributed by atoms with E-state index in [9.17, 15) is 18.5 Å². The Labute approximate surface area is 117 Å². The number of hydrogen-bond donors (Lipinski definition) is 0. The van der Waals surface area contributed by atoms with Gasteiger partial charge in [0.1, 0.15) is 4.90 Å². The summed E-state index contributed by atoms with van der Waals surface area (Å²) < 4.78 is 27.9. The Balaban J connectivity index is 2.23. The Morgan fingerprint density at radius 1 is 1.10 bits per heavy atom. The Morgan fingerprint density at radius 2 is 1.80 bits per heavy atom. The van der Waals surface area contributed by atoms with Crippen molar-refractivity contribution in [2.24, 2.45) is 3.77 Å². The molecule has 102 valence electrons. The van der Waals surface area contributed by atoms with E-state index in [0.717, 1.165) is 11.0 Å². The fourth-order valence-corrected chi connectivity index (χ4v) is 5.90. The van der Waals surface area contributed by atoms with E-state index >= 15 is 0 Å². The van der Waals surface area contributed by atoms with Gasteiger partial charge < -0.3 is 0 Å². The topological polar surface area (TPSA) is 89.6 Å². The SMILES string of the molecule is O=[N+]([O-])c1ccc2c(c1)S(=O)(=O)N=[S@@]2c1ccccc1. The third kappa shape index (κ3) is 2.02. The molecule has 8 heteroatoms. The van der Waals surface area contributed by atoms with Gasteiger partial charge in [-0.15, -0.1) is 3.77 Å². The second kappa shape index (κ2) is 4.50. The third-order valence-electron chi connectivity index (χ3n) is 2.76. The summed E-state index contributed by atoms with van der Waals surface area (Å²) in [5.41, 5.74) is -0.249. The van der Waals surface area contributed by atoms with E-state index in [1.807, 2.05) is 6.07 Å². The highest BCUT2D eigenvalue weighted by atomic mass is 32.3. The molecular formula is C12H8N2O4S2. The molecule has 0 saturated heterocycles. The maximum atomic E-state index is 12.0. The van der Waals surface area contributed by atoms with E-state index in [1.165, 1.54) is 12.1 Å². The third-order valence-corrected chi connectivity index (χ3v) is 6.66. The molecule has 1 heterocycles. The number of nitro benzene ring substituents is 1. The van der Waals surface area contributed by atoms with E-state index in [1.54, 1.807) is 24.3 Å². The van der Waals surface area contributed by atoms with Crippen molar-refractivity contribution >= 4 is 26.4 Å². The highest BCUT2D eigenvalue weighted by molar-refractivity contribution is 8.02. The predicted octanol–water partition coefficient (Wildman–Crippen LogP) is 2.52. The molecule has 0 radical (unpaired) electrons. The Hall–Kier alpha value is -2.06. The fourth-order valence-electron chi connectivity index (χ4n) is 1.87. The second-order valence-corrected chi connectivity index (χ2v) is 7.50. The van der Waals surface area contributed by atoms with Gasteiger partial charge in [-0.1, -0.05) is 18.2 Å². The minimum atomic E-state index is -3.83. The first-order chi connectivity index (χ1) is 9.49. The largest absolute Gasteiger partial charge is 0.289 e. The first-order valence-electron chi connectivity index (χ1n) is 5.55. The average Bonchev–Trinajstić information content (AvgIpc) is 2.71. The lowest BCUT2D eigenvalue weighted by atomic mass is 10.3. The van der Waals surface area contributed by atoms with Gasteiger partial charge in [-0.05, 0) is 28.9 Å². The highest BCUT2D eigenvalue weighted by Gasteiger charge is 2.30. The number of fused-ring (bicyclic) bond motifs is 1. The van der Waals surface area contributed by atoms with Crippen LogP contribution in [0.5, 0.6) is 0 Å². The molecule has 3 rings (SSSR count). The lowest BCUT2D eigenvalue weighted by molar-refractivity contribution is -0.385. The van der Waals surface area contributed by atoms with Gasteiger partial charge in [-0.3, -0.25) is 10.1 Å². The standard InChI is InChI=1S/C12H8N2O4S2/c15-14(16)9-6-7-11-12(8-9)20(17,18)13-19(11)10-4-2-1-3-5-10/h1-8H/t19-/m1/s1. The van der Waals surface area contributed by atoms with E-state index in [4.69, 9.17) is 0 Å². The highest BCUT2D eigenvalue weighted by Crippen LogP contribution is 2.36. The van der Waals surface area contributed by atoms with Gasteiger partial charge >= 0.3 is 0 Å². The molecule has 0 fully saturated rings. The van der Waals surface area contributed by atoms with Crippen LogP contribution in [-0.4, -0.2) is 13.3 Å². The van der Waals surface area contributed by atoms with E-state index in [2.05, 4.69) is 3.77 Å². The van der Waals surface area contributed by atoms with Gasteiger partial charge in [0, 0.05) is 21.9 Å². The number of nitro groups is 1. The zero-order valence-corrected chi connectivity index (χ0v) is 11.6. The van der Waals surface area contributed by atoms with E-state index in [-0.39, 0.29) is 10.6 Å². The molecule has 1 aliphatic heterocycles. The maximum absolute atomic E-state index is 12.0. The van der Waals surface area contributed by atoms with Crippen LogP contribution in [0.4, 0.5) is 5.69 Å². The molecular weight excluding hydrogens is 300 g/mol. The number of nitrogens with zero attached hydrogens (tertiary/aromatic N) is 2. The molecule has 1 atom stereocenters. The van der Waals surface area contributed by atoms with E-state index in [0.29, 0.717) is 4.90 Å². The van der Waals surface area contributed by atoms with Crippen molar-refractivity contribution in [1.29, 1.82) is 0 Å². The van der Waals surface area contributed by atoms with Crippen LogP contribution in [0.3, 0.4) is 0 Å². The van der Waals surface area contributed by atoms with Crippen molar-refractivity contribution in [2.75, 3.05) is 0 Å². The summed E-state index contributed by atoms with van der Waals surface area (Å²) in [6.45, 7) is 0. The number of benzene rings is 2. The van der Waals surface area contributed by atoms with Gasteiger partial charge in [0.05, 0.1) is 4.92 Å². The van der Waals surface area contributed by atoms with E-state index < -0.39 is 25.6 Å². The number of sulfonamides is 1. The molecule has 0 saturated carbocycles. The van der Waals surface area contributed by atoms with Crippen LogP contribution in [0.25, 0.3) is 0 Å². The Kier molecular flexibility index (Phi) is 2.91. The fraction of sp³-hybridized carbons (Fsp3) is 0. The summed E-state index contributed by atoms with van der Waals surface area (Å²) in [6.07, 6.45) is 0. The van der Waals surface area contributed by atoms with Gasteiger partial charge in [-0.2, -0.15) is 8.42 Å². The molecule has 0 unspecified atom stereocenters. The maximum Gasteiger partial charge on any atom is 0.289 e. The van der Waals surface area contributed by atoms with Crippen molar-refractivity contribution in [3.05, 3.63) is 58.6 Å². The smallest absolute Gasteiger partial charge is 0.258 e. The Bertz CT molecular complexity index is 845. The zero-order chi connectivity index (χ0) is 14.3. The molecule has 1 aliphatic rings. The molecule has 6 nitrogen and oxygen atoms in total. The molecule has 0 spiro atoms. The van der Waals surface area contributed by atoms with Crippen molar-refractivity contribution in [3.63, 3.8) is 0 Å². The predicted molar refractivity (Wildman–Crippen MR) is 73.0 cm³/mol. The molecule has 0 aliphatic carbocycles. The monoisotopic (exact) mass is 308 g/mol. The van der Waals surface area contributed by atoms with Crippen LogP contribution in [-0.2, 0) is 20.7 Å². The van der Waals surface area contributed by atoms with Crippen LogP contribution in [0.2, 0.25) is 0 Å². The van der Waals surface area contributed by atoms with Crippen LogP contribution in [0, 0.1) is 10.1 Å².